The van der Waals surface area contributed by atoms with Crippen LogP contribution in [0.5, 0.6) is 0 Å². The standard InChI is InChI=1S/C13H15FN2O2S2/c1-9(10-3-2-4-11(14)7-10)16-20(17,18)13-5-6-19-12(13)8-15/h2-7,9,16H,8,15H2,1H3. The fourth-order valence-electron chi connectivity index (χ4n) is 1.86. The molecule has 1 aromatic heterocycles. The molecule has 0 aliphatic rings. The van der Waals surface area contributed by atoms with Gasteiger partial charge in [0.25, 0.3) is 0 Å². The van der Waals surface area contributed by atoms with Crippen LogP contribution in [0.1, 0.15) is 23.4 Å². The van der Waals surface area contributed by atoms with Crippen molar-refractivity contribution in [3.8, 4) is 0 Å². The Kier molecular flexibility index (Phi) is 4.54. The monoisotopic (exact) mass is 314 g/mol. The van der Waals surface area contributed by atoms with Crippen molar-refractivity contribution in [2.24, 2.45) is 5.73 Å². The van der Waals surface area contributed by atoms with Gasteiger partial charge in [-0.05, 0) is 36.1 Å². The van der Waals surface area contributed by atoms with E-state index in [-0.39, 0.29) is 11.4 Å². The van der Waals surface area contributed by atoms with Gasteiger partial charge in [-0.25, -0.2) is 17.5 Å². The Morgan fingerprint density at radius 2 is 2.15 bits per heavy atom. The zero-order valence-electron chi connectivity index (χ0n) is 10.8. The molecular weight excluding hydrogens is 299 g/mol. The second kappa shape index (κ2) is 6.01. The largest absolute Gasteiger partial charge is 0.326 e. The molecular formula is C13H15FN2O2S2. The van der Waals surface area contributed by atoms with Crippen molar-refractivity contribution in [1.82, 2.24) is 4.72 Å². The Morgan fingerprint density at radius 3 is 2.80 bits per heavy atom. The summed E-state index contributed by atoms with van der Waals surface area (Å²) in [5, 5.41) is 1.68. The molecule has 0 aliphatic heterocycles. The number of nitrogens with two attached hydrogens (primary N) is 1. The molecule has 0 saturated carbocycles. The minimum Gasteiger partial charge on any atom is -0.326 e. The number of halogens is 1. The zero-order valence-corrected chi connectivity index (χ0v) is 12.5. The lowest BCUT2D eigenvalue weighted by atomic mass is 10.1. The van der Waals surface area contributed by atoms with Gasteiger partial charge in [-0.1, -0.05) is 12.1 Å². The Hall–Kier alpha value is -1.28. The molecule has 0 spiro atoms. The fraction of sp³-hybridized carbons (Fsp3) is 0.231. The number of sulfonamides is 1. The van der Waals surface area contributed by atoms with Crippen molar-refractivity contribution >= 4 is 21.4 Å². The third kappa shape index (κ3) is 3.24. The average Bonchev–Trinajstić information content (AvgIpc) is 2.87. The van der Waals surface area contributed by atoms with E-state index in [1.54, 1.807) is 24.4 Å². The summed E-state index contributed by atoms with van der Waals surface area (Å²) in [6.07, 6.45) is 0. The molecule has 20 heavy (non-hydrogen) atoms. The maximum atomic E-state index is 13.2. The van der Waals surface area contributed by atoms with Crippen molar-refractivity contribution in [3.05, 3.63) is 52.0 Å². The van der Waals surface area contributed by atoms with Gasteiger partial charge in [0.15, 0.2) is 0 Å². The van der Waals surface area contributed by atoms with E-state index < -0.39 is 21.9 Å². The minimum absolute atomic E-state index is 0.169. The average molecular weight is 314 g/mol. The molecule has 0 fully saturated rings. The Morgan fingerprint density at radius 1 is 1.40 bits per heavy atom. The first-order valence-electron chi connectivity index (χ1n) is 5.98. The molecule has 108 valence electrons. The highest BCUT2D eigenvalue weighted by Crippen LogP contribution is 2.23. The minimum atomic E-state index is -3.66. The summed E-state index contributed by atoms with van der Waals surface area (Å²) in [6, 6.07) is 6.84. The van der Waals surface area contributed by atoms with Crippen molar-refractivity contribution in [2.75, 3.05) is 0 Å². The van der Waals surface area contributed by atoms with Crippen molar-refractivity contribution in [1.29, 1.82) is 0 Å². The smallest absolute Gasteiger partial charge is 0.242 e. The van der Waals surface area contributed by atoms with Crippen LogP contribution in [0.15, 0.2) is 40.6 Å². The van der Waals surface area contributed by atoms with E-state index in [0.29, 0.717) is 10.4 Å². The predicted octanol–water partition coefficient (Wildman–Crippen LogP) is 2.39. The van der Waals surface area contributed by atoms with Crippen molar-refractivity contribution in [3.63, 3.8) is 0 Å². The molecule has 1 aromatic carbocycles. The normalized spacial score (nSPS) is 13.3. The molecule has 0 bridgehead atoms. The summed E-state index contributed by atoms with van der Waals surface area (Å²) in [5.41, 5.74) is 6.09. The summed E-state index contributed by atoms with van der Waals surface area (Å²) in [5.74, 6) is -0.397. The molecule has 4 nitrogen and oxygen atoms in total. The predicted molar refractivity (Wildman–Crippen MR) is 77.3 cm³/mol. The number of benzene rings is 1. The molecule has 2 rings (SSSR count). The van der Waals surface area contributed by atoms with Gasteiger partial charge >= 0.3 is 0 Å². The van der Waals surface area contributed by atoms with E-state index in [0.717, 1.165) is 0 Å². The van der Waals surface area contributed by atoms with Gasteiger partial charge in [0.2, 0.25) is 10.0 Å². The van der Waals surface area contributed by atoms with E-state index in [4.69, 9.17) is 5.73 Å². The zero-order chi connectivity index (χ0) is 14.8. The van der Waals surface area contributed by atoms with E-state index >= 15 is 0 Å². The van der Waals surface area contributed by atoms with Crippen LogP contribution in [0.4, 0.5) is 4.39 Å². The quantitative estimate of drug-likeness (QED) is 0.890. The lowest BCUT2D eigenvalue weighted by Gasteiger charge is -2.15. The van der Waals surface area contributed by atoms with Crippen LogP contribution in [0.2, 0.25) is 0 Å². The van der Waals surface area contributed by atoms with Gasteiger partial charge in [0.05, 0.1) is 4.90 Å². The van der Waals surface area contributed by atoms with E-state index in [9.17, 15) is 12.8 Å². The number of hydrogen-bond acceptors (Lipinski definition) is 4. The maximum absolute atomic E-state index is 13.2. The molecule has 0 aliphatic carbocycles. The van der Waals surface area contributed by atoms with Gasteiger partial charge in [0, 0.05) is 17.5 Å². The highest BCUT2D eigenvalue weighted by Gasteiger charge is 2.22. The molecule has 7 heteroatoms. The molecule has 1 unspecified atom stereocenters. The van der Waals surface area contributed by atoms with E-state index in [2.05, 4.69) is 4.72 Å². The van der Waals surface area contributed by atoms with E-state index in [1.807, 2.05) is 0 Å². The molecule has 2 aromatic rings. The summed E-state index contributed by atoms with van der Waals surface area (Å²) < 4.78 is 40.3. The highest BCUT2D eigenvalue weighted by atomic mass is 32.2. The van der Waals surface area contributed by atoms with Crippen LogP contribution in [-0.2, 0) is 16.6 Å². The van der Waals surface area contributed by atoms with Gasteiger partial charge < -0.3 is 5.73 Å². The van der Waals surface area contributed by atoms with Crippen LogP contribution >= 0.6 is 11.3 Å². The highest BCUT2D eigenvalue weighted by molar-refractivity contribution is 7.89. The topological polar surface area (TPSA) is 72.2 Å². The number of thiophene rings is 1. The number of nitrogens with one attached hydrogen (secondary N) is 1. The first-order valence-corrected chi connectivity index (χ1v) is 8.34. The molecule has 0 radical (unpaired) electrons. The summed E-state index contributed by atoms with van der Waals surface area (Å²) in [6.45, 7) is 1.84. The fourth-order valence-corrected chi connectivity index (χ4v) is 4.42. The number of rotatable bonds is 5. The Balaban J connectivity index is 2.24. The third-order valence-electron chi connectivity index (χ3n) is 2.86. The summed E-state index contributed by atoms with van der Waals surface area (Å²) in [7, 11) is -3.66. The second-order valence-electron chi connectivity index (χ2n) is 4.31. The van der Waals surface area contributed by atoms with Crippen LogP contribution in [0.3, 0.4) is 0 Å². The van der Waals surface area contributed by atoms with Gasteiger partial charge in [-0.2, -0.15) is 0 Å². The first kappa shape index (κ1) is 15.1. The van der Waals surface area contributed by atoms with Gasteiger partial charge in [-0.3, -0.25) is 0 Å². The maximum Gasteiger partial charge on any atom is 0.242 e. The molecule has 0 amide bonds. The van der Waals surface area contributed by atoms with Crippen molar-refractivity contribution in [2.45, 2.75) is 24.4 Å². The Labute approximate surface area is 121 Å². The molecule has 0 saturated heterocycles. The van der Waals surface area contributed by atoms with Crippen LogP contribution in [0.25, 0.3) is 0 Å². The van der Waals surface area contributed by atoms with Crippen LogP contribution in [-0.4, -0.2) is 8.42 Å². The van der Waals surface area contributed by atoms with Gasteiger partial charge in [-0.15, -0.1) is 11.3 Å². The molecule has 1 atom stereocenters. The summed E-state index contributed by atoms with van der Waals surface area (Å²) in [4.78, 5) is 0.789. The van der Waals surface area contributed by atoms with Crippen molar-refractivity contribution < 1.29 is 12.8 Å². The van der Waals surface area contributed by atoms with Crippen LogP contribution in [0, 0.1) is 5.82 Å². The van der Waals surface area contributed by atoms with Gasteiger partial charge in [0.1, 0.15) is 5.82 Å². The number of hydrogen-bond donors (Lipinski definition) is 2. The molecule has 3 N–H and O–H groups in total. The third-order valence-corrected chi connectivity index (χ3v) is 5.56. The van der Waals surface area contributed by atoms with E-state index in [1.165, 1.54) is 29.5 Å². The first-order chi connectivity index (χ1) is 9.44. The Bertz CT molecular complexity index is 698. The SMILES string of the molecule is CC(NS(=O)(=O)c1ccsc1CN)c1cccc(F)c1. The summed E-state index contributed by atoms with van der Waals surface area (Å²) >= 11 is 1.30. The molecule has 1 heterocycles. The lowest BCUT2D eigenvalue weighted by molar-refractivity contribution is 0.564. The lowest BCUT2D eigenvalue weighted by Crippen LogP contribution is -2.27. The van der Waals surface area contributed by atoms with Crippen LogP contribution < -0.4 is 10.5 Å². The second-order valence-corrected chi connectivity index (χ2v) is 6.99.